The second-order valence-corrected chi connectivity index (χ2v) is 6.96. The summed E-state index contributed by atoms with van der Waals surface area (Å²) in [4.78, 5) is 54.4. The van der Waals surface area contributed by atoms with Gasteiger partial charge in [0, 0.05) is 24.1 Å². The number of carbonyl (C=O) groups is 4. The molecule has 0 aliphatic heterocycles. The van der Waals surface area contributed by atoms with Crippen molar-refractivity contribution in [3.8, 4) is 0 Å². The molecule has 0 aliphatic carbocycles. The molecule has 0 saturated carbocycles. The minimum absolute atomic E-state index is 0.00834. The first kappa shape index (κ1) is 25.4. The van der Waals surface area contributed by atoms with Crippen LogP contribution < -0.4 is 27.4 Å². The van der Waals surface area contributed by atoms with Gasteiger partial charge < -0.3 is 37.5 Å². The van der Waals surface area contributed by atoms with E-state index in [0.717, 1.165) is 0 Å². The van der Waals surface area contributed by atoms with Gasteiger partial charge >= 0.3 is 5.97 Å². The van der Waals surface area contributed by atoms with E-state index in [1.165, 1.54) is 12.5 Å². The van der Waals surface area contributed by atoms with Gasteiger partial charge in [-0.3, -0.25) is 14.4 Å². The Morgan fingerprint density at radius 1 is 1.17 bits per heavy atom. The minimum atomic E-state index is -1.23. The van der Waals surface area contributed by atoms with Gasteiger partial charge in [-0.1, -0.05) is 0 Å². The Labute approximate surface area is 179 Å². The van der Waals surface area contributed by atoms with Crippen LogP contribution in [-0.2, 0) is 25.6 Å². The number of carboxylic acids is 1. The Morgan fingerprint density at radius 2 is 1.90 bits per heavy atom. The Hall–Kier alpha value is -2.64. The van der Waals surface area contributed by atoms with Crippen molar-refractivity contribution in [1.29, 1.82) is 0 Å². The van der Waals surface area contributed by atoms with Crippen molar-refractivity contribution < 1.29 is 24.3 Å². The second-order valence-electron chi connectivity index (χ2n) is 6.59. The van der Waals surface area contributed by atoms with Crippen LogP contribution in [0.15, 0.2) is 12.5 Å². The van der Waals surface area contributed by atoms with E-state index < -0.39 is 48.4 Å². The van der Waals surface area contributed by atoms with Crippen molar-refractivity contribution in [3.05, 3.63) is 18.2 Å². The van der Waals surface area contributed by atoms with Crippen molar-refractivity contribution in [3.63, 3.8) is 0 Å². The summed E-state index contributed by atoms with van der Waals surface area (Å²) in [6.07, 6.45) is 4.42. The number of imidazole rings is 1. The van der Waals surface area contributed by atoms with E-state index in [4.69, 9.17) is 11.5 Å². The zero-order valence-electron chi connectivity index (χ0n) is 16.5. The summed E-state index contributed by atoms with van der Waals surface area (Å²) < 4.78 is 0. The minimum Gasteiger partial charge on any atom is -0.480 e. The quantitative estimate of drug-likeness (QED) is 0.114. The van der Waals surface area contributed by atoms with Crippen molar-refractivity contribution in [1.82, 2.24) is 25.9 Å². The van der Waals surface area contributed by atoms with E-state index in [-0.39, 0.29) is 12.2 Å². The molecule has 0 aliphatic rings. The molecule has 3 atom stereocenters. The van der Waals surface area contributed by atoms with Gasteiger partial charge in [0.15, 0.2) is 0 Å². The first-order valence-corrected chi connectivity index (χ1v) is 10.1. The number of aromatic nitrogens is 2. The smallest absolute Gasteiger partial charge is 0.326 e. The number of hydrogen-bond acceptors (Lipinski definition) is 8. The van der Waals surface area contributed by atoms with E-state index in [1.807, 2.05) is 0 Å². The number of nitrogens with two attached hydrogens (primary N) is 2. The lowest BCUT2D eigenvalue weighted by atomic mass is 10.1. The molecule has 0 saturated heterocycles. The first-order chi connectivity index (χ1) is 14.3. The highest BCUT2D eigenvalue weighted by molar-refractivity contribution is 7.80. The SMILES string of the molecule is NCCCCC(NC(=O)C(N)CS)C(=O)NCC(=O)NC(Cc1cnc[nH]1)C(=O)O. The number of aliphatic carboxylic acids is 1. The van der Waals surface area contributed by atoms with E-state index >= 15 is 0 Å². The summed E-state index contributed by atoms with van der Waals surface area (Å²) >= 11 is 3.95. The van der Waals surface area contributed by atoms with Gasteiger partial charge in [-0.05, 0) is 25.8 Å². The van der Waals surface area contributed by atoms with Gasteiger partial charge in [0.2, 0.25) is 17.7 Å². The number of hydrogen-bond donors (Lipinski definition) is 8. The summed E-state index contributed by atoms with van der Waals surface area (Å²) in [5.41, 5.74) is 11.6. The van der Waals surface area contributed by atoms with Crippen LogP contribution in [-0.4, -0.2) is 75.7 Å². The molecule has 13 heteroatoms. The third-order valence-corrected chi connectivity index (χ3v) is 4.54. The maximum absolute atomic E-state index is 12.4. The van der Waals surface area contributed by atoms with Crippen LogP contribution in [0, 0.1) is 0 Å². The number of amides is 3. The summed E-state index contributed by atoms with van der Waals surface area (Å²) in [5.74, 6) is -2.92. The summed E-state index contributed by atoms with van der Waals surface area (Å²) in [6.45, 7) is -0.0127. The number of nitrogens with zero attached hydrogens (tertiary/aromatic N) is 1. The van der Waals surface area contributed by atoms with Crippen molar-refractivity contribution in [2.75, 3.05) is 18.8 Å². The van der Waals surface area contributed by atoms with Gasteiger partial charge in [0.05, 0.1) is 18.9 Å². The van der Waals surface area contributed by atoms with E-state index in [0.29, 0.717) is 31.5 Å². The summed E-state index contributed by atoms with van der Waals surface area (Å²) in [5, 5.41) is 16.5. The summed E-state index contributed by atoms with van der Waals surface area (Å²) in [6, 6.07) is -2.97. The average molecular weight is 444 g/mol. The lowest BCUT2D eigenvalue weighted by molar-refractivity contribution is -0.141. The number of carboxylic acid groups (broad SMARTS) is 1. The van der Waals surface area contributed by atoms with Gasteiger partial charge in [0.25, 0.3) is 0 Å². The van der Waals surface area contributed by atoms with Crippen LogP contribution in [0.25, 0.3) is 0 Å². The molecule has 1 rings (SSSR count). The maximum Gasteiger partial charge on any atom is 0.326 e. The largest absolute Gasteiger partial charge is 0.480 e. The lowest BCUT2D eigenvalue weighted by Crippen LogP contribution is -2.54. The summed E-state index contributed by atoms with van der Waals surface area (Å²) in [7, 11) is 0. The van der Waals surface area contributed by atoms with Crippen molar-refractivity contribution in [2.24, 2.45) is 11.5 Å². The molecule has 3 unspecified atom stereocenters. The Bertz CT molecular complexity index is 701. The van der Waals surface area contributed by atoms with Gasteiger partial charge in [0.1, 0.15) is 12.1 Å². The molecule has 0 bridgehead atoms. The average Bonchev–Trinajstić information content (AvgIpc) is 3.23. The number of carbonyl (C=O) groups excluding carboxylic acids is 3. The predicted molar refractivity (Wildman–Crippen MR) is 112 cm³/mol. The lowest BCUT2D eigenvalue weighted by Gasteiger charge is -2.20. The molecule has 168 valence electrons. The Morgan fingerprint density at radius 3 is 2.47 bits per heavy atom. The number of rotatable bonds is 14. The molecule has 30 heavy (non-hydrogen) atoms. The molecule has 12 nitrogen and oxygen atoms in total. The maximum atomic E-state index is 12.4. The first-order valence-electron chi connectivity index (χ1n) is 9.42. The van der Waals surface area contributed by atoms with Crippen LogP contribution >= 0.6 is 12.6 Å². The van der Waals surface area contributed by atoms with Gasteiger partial charge in [-0.25, -0.2) is 9.78 Å². The molecule has 1 aromatic rings. The monoisotopic (exact) mass is 443 g/mol. The standard InChI is InChI=1S/C17H29N7O5S/c18-4-2-1-3-12(24-15(26)11(19)8-30)16(27)21-7-14(25)23-13(17(28)29)5-10-6-20-9-22-10/h6,9,11-13,30H,1-5,7-8,18-19H2,(H,20,22)(H,21,27)(H,23,25)(H,24,26)(H,28,29). The highest BCUT2D eigenvalue weighted by Crippen LogP contribution is 2.02. The predicted octanol–water partition coefficient (Wildman–Crippen LogP) is -2.49. The molecular weight excluding hydrogens is 414 g/mol. The number of thiol groups is 1. The third-order valence-electron chi connectivity index (χ3n) is 4.15. The zero-order chi connectivity index (χ0) is 22.5. The normalized spacial score (nSPS) is 13.7. The van der Waals surface area contributed by atoms with Crippen molar-refractivity contribution >= 4 is 36.3 Å². The third kappa shape index (κ3) is 9.24. The second kappa shape index (κ2) is 13.6. The van der Waals surface area contributed by atoms with Gasteiger partial charge in [-0.15, -0.1) is 0 Å². The van der Waals surface area contributed by atoms with Crippen LogP contribution in [0.2, 0.25) is 0 Å². The molecule has 1 aromatic heterocycles. The highest BCUT2D eigenvalue weighted by Gasteiger charge is 2.25. The van der Waals surface area contributed by atoms with Crippen LogP contribution in [0.5, 0.6) is 0 Å². The molecule has 1 heterocycles. The fourth-order valence-corrected chi connectivity index (χ4v) is 2.64. The Balaban J connectivity index is 2.60. The number of H-pyrrole nitrogens is 1. The molecule has 0 spiro atoms. The van der Waals surface area contributed by atoms with Crippen LogP contribution in [0.3, 0.4) is 0 Å². The van der Waals surface area contributed by atoms with E-state index in [1.54, 1.807) is 0 Å². The molecular formula is C17H29N7O5S. The fraction of sp³-hybridized carbons (Fsp3) is 0.588. The molecule has 0 aromatic carbocycles. The number of aromatic amines is 1. The fourth-order valence-electron chi connectivity index (χ4n) is 2.48. The molecule has 0 fully saturated rings. The van der Waals surface area contributed by atoms with Crippen molar-refractivity contribution in [2.45, 2.75) is 43.8 Å². The highest BCUT2D eigenvalue weighted by atomic mass is 32.1. The van der Waals surface area contributed by atoms with Crippen LogP contribution in [0.1, 0.15) is 25.0 Å². The molecule has 3 amide bonds. The van der Waals surface area contributed by atoms with Gasteiger partial charge in [-0.2, -0.15) is 12.6 Å². The van der Waals surface area contributed by atoms with E-state index in [9.17, 15) is 24.3 Å². The number of nitrogens with one attached hydrogen (secondary N) is 4. The molecule has 0 radical (unpaired) electrons. The molecule has 9 N–H and O–H groups in total. The topological polar surface area (TPSA) is 205 Å². The Kier molecular flexibility index (Phi) is 11.5. The van der Waals surface area contributed by atoms with Crippen LogP contribution in [0.4, 0.5) is 0 Å². The van der Waals surface area contributed by atoms with E-state index in [2.05, 4.69) is 38.5 Å². The number of unbranched alkanes of at least 4 members (excludes halogenated alkanes) is 1. The zero-order valence-corrected chi connectivity index (χ0v) is 17.4.